The maximum Gasteiger partial charge on any atom is 0.286 e. The van der Waals surface area contributed by atoms with E-state index in [-0.39, 0.29) is 16.8 Å². The minimum atomic E-state index is -0.360. The van der Waals surface area contributed by atoms with Crippen molar-refractivity contribution in [2.45, 2.75) is 11.8 Å². The van der Waals surface area contributed by atoms with Gasteiger partial charge in [-0.1, -0.05) is 18.2 Å². The molecule has 0 atom stereocenters. The second-order valence-corrected chi connectivity index (χ2v) is 7.53. The highest BCUT2D eigenvalue weighted by atomic mass is 32.2. The molecule has 1 aromatic heterocycles. The van der Waals surface area contributed by atoms with Crippen LogP contribution in [-0.4, -0.2) is 47.0 Å². The van der Waals surface area contributed by atoms with Crippen molar-refractivity contribution in [2.75, 3.05) is 26.5 Å². The zero-order valence-electron chi connectivity index (χ0n) is 16.7. The van der Waals surface area contributed by atoms with Crippen LogP contribution in [0.4, 0.5) is 10.5 Å². The Kier molecular flexibility index (Phi) is 6.23. The zero-order chi connectivity index (χ0) is 21.0. The lowest BCUT2D eigenvalue weighted by Crippen LogP contribution is -2.17. The van der Waals surface area contributed by atoms with Gasteiger partial charge in [0.05, 0.1) is 12.8 Å². The molecular weight excluding hydrogens is 388 g/mol. The maximum absolute atomic E-state index is 12.7. The van der Waals surface area contributed by atoms with Gasteiger partial charge >= 0.3 is 0 Å². The number of nitrogens with zero attached hydrogens (tertiary/aromatic N) is 3. The van der Waals surface area contributed by atoms with Gasteiger partial charge in [-0.15, -0.1) is 0 Å². The van der Waals surface area contributed by atoms with E-state index in [2.05, 4.69) is 10.4 Å². The molecule has 3 rings (SSSR count). The van der Waals surface area contributed by atoms with Crippen LogP contribution in [-0.2, 0) is 0 Å². The highest BCUT2D eigenvalue weighted by Crippen LogP contribution is 2.29. The fourth-order valence-electron chi connectivity index (χ4n) is 2.59. The van der Waals surface area contributed by atoms with Crippen LogP contribution in [0.3, 0.4) is 0 Å². The highest BCUT2D eigenvalue weighted by molar-refractivity contribution is 8.13. The van der Waals surface area contributed by atoms with E-state index in [1.54, 1.807) is 56.3 Å². The first-order chi connectivity index (χ1) is 13.9. The molecule has 2 aromatic carbocycles. The SMILES string of the molecule is COc1ccc(C)cc1-n1ccc(C(=O)Nc2ccccc2SC(=O)N(C)C)n1. The number of benzene rings is 2. The van der Waals surface area contributed by atoms with Gasteiger partial charge < -0.3 is 15.0 Å². The molecule has 0 bridgehead atoms. The van der Waals surface area contributed by atoms with Gasteiger partial charge in [-0.05, 0) is 54.6 Å². The summed E-state index contributed by atoms with van der Waals surface area (Å²) in [5.41, 5.74) is 2.62. The van der Waals surface area contributed by atoms with E-state index in [0.717, 1.165) is 23.0 Å². The number of carbonyl (C=O) groups is 2. The average molecular weight is 410 g/mol. The predicted octanol–water partition coefficient (Wildman–Crippen LogP) is 4.22. The summed E-state index contributed by atoms with van der Waals surface area (Å²) in [6.45, 7) is 1.98. The molecule has 29 heavy (non-hydrogen) atoms. The molecule has 0 fully saturated rings. The van der Waals surface area contributed by atoms with Gasteiger partial charge in [0.2, 0.25) is 0 Å². The fraction of sp³-hybridized carbons (Fsp3) is 0.190. The van der Waals surface area contributed by atoms with Crippen LogP contribution in [0.1, 0.15) is 16.1 Å². The molecule has 0 aliphatic carbocycles. The molecule has 0 radical (unpaired) electrons. The van der Waals surface area contributed by atoms with E-state index < -0.39 is 0 Å². The quantitative estimate of drug-likeness (QED) is 0.638. The van der Waals surface area contributed by atoms with Crippen LogP contribution in [0, 0.1) is 6.92 Å². The number of rotatable bonds is 5. The lowest BCUT2D eigenvalue weighted by Gasteiger charge is -2.12. The minimum absolute atomic E-state index is 0.123. The number of amides is 2. The molecule has 1 N–H and O–H groups in total. The van der Waals surface area contributed by atoms with E-state index in [1.165, 1.54) is 4.90 Å². The summed E-state index contributed by atoms with van der Waals surface area (Å²) in [6.07, 6.45) is 1.71. The first-order valence-electron chi connectivity index (χ1n) is 8.89. The molecule has 0 aliphatic rings. The third-order valence-electron chi connectivity index (χ3n) is 4.10. The van der Waals surface area contributed by atoms with Gasteiger partial charge in [0.1, 0.15) is 11.4 Å². The molecule has 3 aromatic rings. The number of anilines is 1. The number of para-hydroxylation sites is 1. The van der Waals surface area contributed by atoms with Crippen LogP contribution < -0.4 is 10.1 Å². The number of methoxy groups -OCH3 is 1. The second kappa shape index (κ2) is 8.83. The third kappa shape index (κ3) is 4.78. The number of aryl methyl sites for hydroxylation is 1. The Morgan fingerprint density at radius 2 is 1.90 bits per heavy atom. The summed E-state index contributed by atoms with van der Waals surface area (Å²) in [4.78, 5) is 26.9. The van der Waals surface area contributed by atoms with Crippen LogP contribution in [0.2, 0.25) is 0 Å². The monoisotopic (exact) mass is 410 g/mol. The van der Waals surface area contributed by atoms with Crippen molar-refractivity contribution in [1.29, 1.82) is 0 Å². The lowest BCUT2D eigenvalue weighted by molar-refractivity contribution is 0.102. The van der Waals surface area contributed by atoms with Crippen LogP contribution in [0.5, 0.6) is 5.75 Å². The van der Waals surface area contributed by atoms with Gasteiger partial charge in [0, 0.05) is 25.2 Å². The molecule has 0 spiro atoms. The number of carbonyl (C=O) groups excluding carboxylic acids is 2. The Morgan fingerprint density at radius 1 is 1.14 bits per heavy atom. The first-order valence-corrected chi connectivity index (χ1v) is 9.71. The van der Waals surface area contributed by atoms with Crippen LogP contribution in [0.15, 0.2) is 59.6 Å². The first kappa shape index (κ1) is 20.5. The Balaban J connectivity index is 1.82. The lowest BCUT2D eigenvalue weighted by atomic mass is 10.2. The highest BCUT2D eigenvalue weighted by Gasteiger charge is 2.16. The van der Waals surface area contributed by atoms with Crippen molar-refractivity contribution in [1.82, 2.24) is 14.7 Å². The molecule has 7 nitrogen and oxygen atoms in total. The van der Waals surface area contributed by atoms with Crippen molar-refractivity contribution in [2.24, 2.45) is 0 Å². The van der Waals surface area contributed by atoms with Crippen LogP contribution in [0.25, 0.3) is 5.69 Å². The molecular formula is C21H22N4O3S. The summed E-state index contributed by atoms with van der Waals surface area (Å²) < 4.78 is 7.00. The number of hydrogen-bond acceptors (Lipinski definition) is 5. The maximum atomic E-state index is 12.7. The normalized spacial score (nSPS) is 10.5. The van der Waals surface area contributed by atoms with E-state index >= 15 is 0 Å². The number of thioether (sulfide) groups is 1. The Bertz CT molecular complexity index is 1050. The molecule has 2 amide bonds. The average Bonchev–Trinajstić information content (AvgIpc) is 3.19. The van der Waals surface area contributed by atoms with Crippen molar-refractivity contribution < 1.29 is 14.3 Å². The van der Waals surface area contributed by atoms with Gasteiger partial charge in [0.25, 0.3) is 11.1 Å². The molecule has 150 valence electrons. The van der Waals surface area contributed by atoms with Gasteiger partial charge in [-0.2, -0.15) is 5.10 Å². The van der Waals surface area contributed by atoms with Crippen molar-refractivity contribution >= 4 is 28.6 Å². The van der Waals surface area contributed by atoms with E-state index in [4.69, 9.17) is 4.74 Å². The van der Waals surface area contributed by atoms with Gasteiger partial charge in [-0.3, -0.25) is 9.59 Å². The summed E-state index contributed by atoms with van der Waals surface area (Å²) >= 11 is 1.05. The van der Waals surface area contributed by atoms with Gasteiger partial charge in [-0.25, -0.2) is 4.68 Å². The molecule has 0 unspecified atom stereocenters. The Hall–Kier alpha value is -3.26. The number of nitrogens with one attached hydrogen (secondary N) is 1. The number of ether oxygens (including phenoxy) is 1. The topological polar surface area (TPSA) is 76.5 Å². The van der Waals surface area contributed by atoms with Crippen molar-refractivity contribution in [3.63, 3.8) is 0 Å². The molecule has 0 saturated heterocycles. The zero-order valence-corrected chi connectivity index (χ0v) is 17.5. The van der Waals surface area contributed by atoms with E-state index in [1.807, 2.05) is 31.2 Å². The number of hydrogen-bond donors (Lipinski definition) is 1. The molecule has 0 aliphatic heterocycles. The van der Waals surface area contributed by atoms with E-state index in [0.29, 0.717) is 16.3 Å². The summed E-state index contributed by atoms with van der Waals surface area (Å²) in [5.74, 6) is 0.301. The second-order valence-electron chi connectivity index (χ2n) is 6.53. The van der Waals surface area contributed by atoms with Crippen LogP contribution >= 0.6 is 11.8 Å². The summed E-state index contributed by atoms with van der Waals surface area (Å²) in [5, 5.41) is 7.10. The third-order valence-corrected chi connectivity index (χ3v) is 5.22. The molecule has 1 heterocycles. The predicted molar refractivity (Wildman–Crippen MR) is 114 cm³/mol. The van der Waals surface area contributed by atoms with Crippen molar-refractivity contribution in [3.05, 3.63) is 66.0 Å². The Morgan fingerprint density at radius 3 is 2.62 bits per heavy atom. The largest absolute Gasteiger partial charge is 0.494 e. The number of aromatic nitrogens is 2. The standard InChI is InChI=1S/C21H22N4O3S/c1-14-9-10-18(28-4)17(13-14)25-12-11-16(23-25)20(26)22-15-7-5-6-8-19(15)29-21(27)24(2)3/h5-13H,1-4H3,(H,22,26). The summed E-state index contributed by atoms with van der Waals surface area (Å²) in [6, 6.07) is 14.5. The van der Waals surface area contributed by atoms with E-state index in [9.17, 15) is 9.59 Å². The Labute approximate surface area is 173 Å². The molecule has 0 saturated carbocycles. The smallest absolute Gasteiger partial charge is 0.286 e. The summed E-state index contributed by atoms with van der Waals surface area (Å²) in [7, 11) is 4.96. The molecule has 8 heteroatoms. The minimum Gasteiger partial charge on any atom is -0.494 e. The van der Waals surface area contributed by atoms with Crippen molar-refractivity contribution in [3.8, 4) is 11.4 Å². The van der Waals surface area contributed by atoms with Gasteiger partial charge in [0.15, 0.2) is 5.69 Å². The fourth-order valence-corrected chi connectivity index (χ4v) is 3.34.